The molecule has 0 atom stereocenters. The van der Waals surface area contributed by atoms with Crippen molar-refractivity contribution >= 4 is 61.1 Å². The van der Waals surface area contributed by atoms with Crippen LogP contribution >= 0.6 is 46.1 Å². The van der Waals surface area contributed by atoms with Crippen LogP contribution in [0.3, 0.4) is 0 Å². The van der Waals surface area contributed by atoms with Gasteiger partial charge in [-0.1, -0.05) is 40.9 Å². The van der Waals surface area contributed by atoms with E-state index >= 15 is 0 Å². The molecule has 0 N–H and O–H groups in total. The van der Waals surface area contributed by atoms with Gasteiger partial charge in [0.2, 0.25) is 0 Å². The summed E-state index contributed by atoms with van der Waals surface area (Å²) in [7, 11) is -3.39. The maximum absolute atomic E-state index is 12.9. The highest BCUT2D eigenvalue weighted by Crippen LogP contribution is 2.33. The summed E-state index contributed by atoms with van der Waals surface area (Å²) in [6.07, 6.45) is 1.10. The quantitative estimate of drug-likeness (QED) is 0.439. The van der Waals surface area contributed by atoms with Crippen molar-refractivity contribution in [1.29, 1.82) is 0 Å². The second-order valence-corrected chi connectivity index (χ2v) is 11.2. The van der Waals surface area contributed by atoms with Gasteiger partial charge in [0.05, 0.1) is 15.8 Å². The SMILES string of the molecule is O=S(=O)(c1cccc(Cl)c1)C1CCN(c2nc(-c3cc(Cl)cc(Cl)c3)cs2)CC1. The molecule has 1 saturated heterocycles. The molecule has 1 aliphatic heterocycles. The van der Waals surface area contributed by atoms with E-state index in [4.69, 9.17) is 39.8 Å². The third kappa shape index (κ3) is 4.57. The van der Waals surface area contributed by atoms with Gasteiger partial charge < -0.3 is 4.90 Å². The lowest BCUT2D eigenvalue weighted by molar-refractivity contribution is 0.529. The number of thiazole rings is 1. The maximum Gasteiger partial charge on any atom is 0.185 e. The van der Waals surface area contributed by atoms with Crippen molar-refractivity contribution in [3.63, 3.8) is 0 Å². The zero-order valence-electron chi connectivity index (χ0n) is 15.2. The molecule has 1 fully saturated rings. The lowest BCUT2D eigenvalue weighted by atomic mass is 10.1. The lowest BCUT2D eigenvalue weighted by Crippen LogP contribution is -2.39. The van der Waals surface area contributed by atoms with Gasteiger partial charge in [-0.2, -0.15) is 0 Å². The number of hydrogen-bond acceptors (Lipinski definition) is 5. The average molecular weight is 488 g/mol. The summed E-state index contributed by atoms with van der Waals surface area (Å²) < 4.78 is 25.8. The molecule has 0 amide bonds. The molecule has 29 heavy (non-hydrogen) atoms. The van der Waals surface area contributed by atoms with Crippen molar-refractivity contribution in [3.05, 3.63) is 62.9 Å². The molecule has 0 aliphatic carbocycles. The number of hydrogen-bond donors (Lipinski definition) is 0. The summed E-state index contributed by atoms with van der Waals surface area (Å²) in [4.78, 5) is 7.12. The van der Waals surface area contributed by atoms with Gasteiger partial charge in [-0.05, 0) is 49.2 Å². The van der Waals surface area contributed by atoms with Crippen LogP contribution in [0.1, 0.15) is 12.8 Å². The second-order valence-electron chi connectivity index (χ2n) is 6.86. The molecule has 9 heteroatoms. The summed E-state index contributed by atoms with van der Waals surface area (Å²) in [6.45, 7) is 1.27. The largest absolute Gasteiger partial charge is 0.348 e. The number of anilines is 1. The molecule has 0 radical (unpaired) electrons. The zero-order valence-corrected chi connectivity index (χ0v) is 19.1. The molecule has 152 valence electrons. The van der Waals surface area contributed by atoms with E-state index in [0.29, 0.717) is 41.0 Å². The molecule has 3 aromatic rings. The molecule has 2 aromatic carbocycles. The van der Waals surface area contributed by atoms with Crippen molar-refractivity contribution in [2.75, 3.05) is 18.0 Å². The van der Waals surface area contributed by atoms with Crippen molar-refractivity contribution in [1.82, 2.24) is 4.98 Å². The Bertz CT molecular complexity index is 1120. The minimum Gasteiger partial charge on any atom is -0.348 e. The standard InChI is InChI=1S/C20H17Cl3N2O2S2/c21-14-2-1-3-18(11-14)29(26,27)17-4-6-25(7-5-17)20-24-19(12-28-20)13-8-15(22)10-16(23)9-13/h1-3,8-12,17H,4-7H2. The Morgan fingerprint density at radius 3 is 2.31 bits per heavy atom. The maximum atomic E-state index is 12.9. The lowest BCUT2D eigenvalue weighted by Gasteiger charge is -2.31. The number of aromatic nitrogens is 1. The first kappa shape index (κ1) is 20.9. The molecule has 0 bridgehead atoms. The smallest absolute Gasteiger partial charge is 0.185 e. The normalized spacial score (nSPS) is 15.6. The van der Waals surface area contributed by atoms with Crippen LogP contribution in [0.15, 0.2) is 52.7 Å². The average Bonchev–Trinajstić information content (AvgIpc) is 3.18. The molecular weight excluding hydrogens is 471 g/mol. The highest BCUT2D eigenvalue weighted by atomic mass is 35.5. The van der Waals surface area contributed by atoms with Crippen LogP contribution in [0.25, 0.3) is 11.3 Å². The van der Waals surface area contributed by atoms with E-state index in [1.165, 1.54) is 17.4 Å². The van der Waals surface area contributed by atoms with Gasteiger partial charge in [0.25, 0.3) is 0 Å². The third-order valence-corrected chi connectivity index (χ3v) is 8.76. The van der Waals surface area contributed by atoms with Gasteiger partial charge in [-0.25, -0.2) is 13.4 Å². The summed E-state index contributed by atoms with van der Waals surface area (Å²) in [5.74, 6) is 0. The van der Waals surface area contributed by atoms with Crippen LogP contribution < -0.4 is 4.90 Å². The molecule has 1 aromatic heterocycles. The predicted molar refractivity (Wildman–Crippen MR) is 121 cm³/mol. The molecule has 2 heterocycles. The number of halogens is 3. The number of benzene rings is 2. The Labute approximate surface area is 189 Å². The fourth-order valence-corrected chi connectivity index (χ4v) is 6.88. The molecule has 0 unspecified atom stereocenters. The molecule has 4 nitrogen and oxygen atoms in total. The Morgan fingerprint density at radius 1 is 0.966 bits per heavy atom. The fourth-order valence-electron chi connectivity index (χ4n) is 3.44. The second kappa shape index (κ2) is 8.44. The molecule has 1 aliphatic rings. The number of sulfone groups is 1. The van der Waals surface area contributed by atoms with Crippen molar-refractivity contribution < 1.29 is 8.42 Å². The van der Waals surface area contributed by atoms with E-state index in [9.17, 15) is 8.42 Å². The Hall–Kier alpha value is -1.31. The molecule has 0 spiro atoms. The van der Waals surface area contributed by atoms with E-state index in [2.05, 4.69) is 4.90 Å². The first-order valence-electron chi connectivity index (χ1n) is 8.99. The van der Waals surface area contributed by atoms with Gasteiger partial charge in [0.15, 0.2) is 15.0 Å². The van der Waals surface area contributed by atoms with Crippen molar-refractivity contribution in [3.8, 4) is 11.3 Å². The first-order chi connectivity index (χ1) is 13.8. The van der Waals surface area contributed by atoms with Gasteiger partial charge in [0.1, 0.15) is 0 Å². The van der Waals surface area contributed by atoms with Gasteiger partial charge in [0, 0.05) is 39.1 Å². The summed E-state index contributed by atoms with van der Waals surface area (Å²) in [5, 5.41) is 3.98. The van der Waals surface area contributed by atoms with Gasteiger partial charge in [-0.3, -0.25) is 0 Å². The number of piperidine rings is 1. The van der Waals surface area contributed by atoms with E-state index in [-0.39, 0.29) is 4.90 Å². The first-order valence-corrected chi connectivity index (χ1v) is 12.6. The van der Waals surface area contributed by atoms with Crippen molar-refractivity contribution in [2.45, 2.75) is 23.0 Å². The predicted octanol–water partition coefficient (Wildman–Crippen LogP) is 6.21. The van der Waals surface area contributed by atoms with Crippen LogP contribution in [0.2, 0.25) is 15.1 Å². The zero-order chi connectivity index (χ0) is 20.6. The van der Waals surface area contributed by atoms with Gasteiger partial charge >= 0.3 is 0 Å². The minimum absolute atomic E-state index is 0.290. The van der Waals surface area contributed by atoms with Crippen LogP contribution in [0.4, 0.5) is 5.13 Å². The topological polar surface area (TPSA) is 50.3 Å². The highest BCUT2D eigenvalue weighted by molar-refractivity contribution is 7.92. The van der Waals surface area contributed by atoms with Crippen molar-refractivity contribution in [2.24, 2.45) is 0 Å². The summed E-state index contributed by atoms with van der Waals surface area (Å²) in [6, 6.07) is 11.8. The Morgan fingerprint density at radius 2 is 1.66 bits per heavy atom. The Kier molecular flexibility index (Phi) is 6.09. The van der Waals surface area contributed by atoms with E-state index < -0.39 is 15.1 Å². The van der Waals surface area contributed by atoms with E-state index in [1.54, 1.807) is 24.3 Å². The number of rotatable bonds is 4. The fraction of sp³-hybridized carbons (Fsp3) is 0.250. The third-order valence-electron chi connectivity index (χ3n) is 4.93. The monoisotopic (exact) mass is 486 g/mol. The Balaban J connectivity index is 1.47. The van der Waals surface area contributed by atoms with Crippen LogP contribution in [-0.4, -0.2) is 31.7 Å². The van der Waals surface area contributed by atoms with E-state index in [0.717, 1.165) is 16.4 Å². The van der Waals surface area contributed by atoms with E-state index in [1.807, 2.05) is 17.5 Å². The summed E-state index contributed by atoms with van der Waals surface area (Å²) in [5.41, 5.74) is 1.67. The molecule has 0 saturated carbocycles. The minimum atomic E-state index is -3.39. The number of nitrogens with zero attached hydrogens (tertiary/aromatic N) is 2. The van der Waals surface area contributed by atoms with Crippen LogP contribution in [-0.2, 0) is 9.84 Å². The molecular formula is C20H17Cl3N2O2S2. The highest BCUT2D eigenvalue weighted by Gasteiger charge is 2.32. The molecule has 4 rings (SSSR count). The van der Waals surface area contributed by atoms with Crippen LogP contribution in [0, 0.1) is 0 Å². The van der Waals surface area contributed by atoms with Crippen LogP contribution in [0.5, 0.6) is 0 Å². The summed E-state index contributed by atoms with van der Waals surface area (Å²) >= 11 is 19.7. The van der Waals surface area contributed by atoms with Gasteiger partial charge in [-0.15, -0.1) is 11.3 Å².